The molecule has 8 nitrogen and oxygen atoms in total. The van der Waals surface area contributed by atoms with Gasteiger partial charge in [0.25, 0.3) is 17.7 Å². The quantitative estimate of drug-likeness (QED) is 0.151. The summed E-state index contributed by atoms with van der Waals surface area (Å²) < 4.78 is 0. The number of nitrogens with one attached hydrogen (secondary N) is 3. The smallest absolute Gasteiger partial charge is 0.281 e. The highest BCUT2D eigenvalue weighted by Gasteiger charge is 2.18. The van der Waals surface area contributed by atoms with Gasteiger partial charge in [-0.1, -0.05) is 57.2 Å². The van der Waals surface area contributed by atoms with Crippen molar-refractivity contribution in [2.24, 2.45) is 5.10 Å². The van der Waals surface area contributed by atoms with Gasteiger partial charge in [0.2, 0.25) is 0 Å². The molecular weight excluding hydrogens is 556 g/mol. The van der Waals surface area contributed by atoms with Crippen molar-refractivity contribution >= 4 is 46.1 Å². The van der Waals surface area contributed by atoms with E-state index in [1.165, 1.54) is 16.9 Å². The van der Waals surface area contributed by atoms with Crippen LogP contribution in [0, 0.1) is 0 Å². The van der Waals surface area contributed by atoms with Crippen LogP contribution >= 0.6 is 22.7 Å². The molecule has 0 aliphatic heterocycles. The van der Waals surface area contributed by atoms with E-state index in [4.69, 9.17) is 0 Å². The number of rotatable bonds is 8. The normalized spacial score (nSPS) is 11.7. The van der Waals surface area contributed by atoms with Crippen LogP contribution in [0.4, 0.5) is 0 Å². The van der Waals surface area contributed by atoms with Crippen molar-refractivity contribution < 1.29 is 19.5 Å². The van der Waals surface area contributed by atoms with Crippen molar-refractivity contribution in [1.29, 1.82) is 0 Å². The third kappa shape index (κ3) is 7.08. The second-order valence-corrected chi connectivity index (χ2v) is 12.4. The van der Waals surface area contributed by atoms with Crippen molar-refractivity contribution in [3.8, 4) is 16.2 Å². The van der Waals surface area contributed by atoms with Crippen molar-refractivity contribution in [3.05, 3.63) is 98.1 Å². The molecule has 4 N–H and O–H groups in total. The Morgan fingerprint density at radius 3 is 2.12 bits per heavy atom. The lowest BCUT2D eigenvalue weighted by molar-refractivity contribution is 0.0948. The van der Waals surface area contributed by atoms with Gasteiger partial charge in [-0.25, -0.2) is 5.43 Å². The Hall–Kier alpha value is -4.28. The molecular formula is C31H32N4O4S2. The highest BCUT2D eigenvalue weighted by molar-refractivity contribution is 7.16. The number of carbonyl (C=O) groups is 3. The third-order valence-electron chi connectivity index (χ3n) is 6.44. The molecule has 10 heteroatoms. The number of amides is 3. The molecule has 0 aliphatic carbocycles. The van der Waals surface area contributed by atoms with Gasteiger partial charge in [0.1, 0.15) is 5.75 Å². The predicted octanol–water partition coefficient (Wildman–Crippen LogP) is 5.92. The molecule has 0 spiro atoms. The van der Waals surface area contributed by atoms with E-state index in [1.807, 2.05) is 17.5 Å². The van der Waals surface area contributed by atoms with E-state index in [-0.39, 0.29) is 29.5 Å². The first kappa shape index (κ1) is 29.7. The number of nitrogens with zero attached hydrogens (tertiary/aromatic N) is 1. The van der Waals surface area contributed by atoms with Crippen molar-refractivity contribution in [2.75, 3.05) is 7.05 Å². The highest BCUT2D eigenvalue weighted by atomic mass is 32.1. The predicted molar refractivity (Wildman–Crippen MR) is 165 cm³/mol. The summed E-state index contributed by atoms with van der Waals surface area (Å²) in [7, 11) is 1.57. The Balaban J connectivity index is 1.35. The minimum atomic E-state index is -0.453. The third-order valence-corrected chi connectivity index (χ3v) is 8.54. The maximum absolute atomic E-state index is 12.7. The van der Waals surface area contributed by atoms with E-state index in [1.54, 1.807) is 50.4 Å². The average molecular weight is 589 g/mol. The van der Waals surface area contributed by atoms with E-state index in [0.717, 1.165) is 27.3 Å². The number of aromatic hydroxyl groups is 1. The summed E-state index contributed by atoms with van der Waals surface area (Å²) in [6.45, 7) is 8.45. The molecule has 0 saturated heterocycles. The van der Waals surface area contributed by atoms with Gasteiger partial charge in [-0.15, -0.1) is 22.7 Å². The molecule has 212 valence electrons. The first-order chi connectivity index (χ1) is 19.5. The van der Waals surface area contributed by atoms with Crippen LogP contribution in [0.5, 0.6) is 5.75 Å². The van der Waals surface area contributed by atoms with Crippen LogP contribution in [0.1, 0.15) is 74.1 Å². The summed E-state index contributed by atoms with van der Waals surface area (Å²) in [4.78, 5) is 38.4. The minimum absolute atomic E-state index is 0.0400. The zero-order valence-corrected chi connectivity index (χ0v) is 25.1. The molecule has 2 aromatic heterocycles. The molecule has 0 bridgehead atoms. The van der Waals surface area contributed by atoms with E-state index in [0.29, 0.717) is 26.6 Å². The maximum Gasteiger partial charge on any atom is 0.281 e. The lowest BCUT2D eigenvalue weighted by Crippen LogP contribution is -2.22. The van der Waals surface area contributed by atoms with Crippen LogP contribution in [0.2, 0.25) is 0 Å². The summed E-state index contributed by atoms with van der Waals surface area (Å²) in [6.07, 6.45) is 0. The molecule has 41 heavy (non-hydrogen) atoms. The summed E-state index contributed by atoms with van der Waals surface area (Å²) in [5, 5.41) is 22.2. The number of hydrogen-bond donors (Lipinski definition) is 4. The van der Waals surface area contributed by atoms with Crippen LogP contribution in [-0.4, -0.2) is 35.6 Å². The van der Waals surface area contributed by atoms with E-state index in [2.05, 4.69) is 54.1 Å². The number of carbonyl (C=O) groups excluding carboxylic acids is 3. The highest BCUT2D eigenvalue weighted by Crippen LogP contribution is 2.39. The fraction of sp³-hybridized carbons (Fsp3) is 0.226. The van der Waals surface area contributed by atoms with E-state index < -0.39 is 5.91 Å². The first-order valence-electron chi connectivity index (χ1n) is 12.9. The fourth-order valence-corrected chi connectivity index (χ4v) is 5.78. The molecule has 0 fully saturated rings. The molecule has 4 aromatic rings. The zero-order valence-electron chi connectivity index (χ0n) is 23.5. The summed E-state index contributed by atoms with van der Waals surface area (Å²) in [6, 6.07) is 18.2. The lowest BCUT2D eigenvalue weighted by Gasteiger charge is -2.19. The van der Waals surface area contributed by atoms with Gasteiger partial charge in [-0.05, 0) is 53.3 Å². The molecule has 0 saturated carbocycles. The topological polar surface area (TPSA) is 120 Å². The first-order valence-corrected chi connectivity index (χ1v) is 14.6. The van der Waals surface area contributed by atoms with Crippen molar-refractivity contribution in [2.45, 2.75) is 39.7 Å². The summed E-state index contributed by atoms with van der Waals surface area (Å²) in [5.74, 6) is -0.822. The van der Waals surface area contributed by atoms with Gasteiger partial charge >= 0.3 is 0 Å². The SMILES string of the molecule is CNC(=O)c1ccc(CNC(=O)c2ccc(C(=O)NN=C(C)c3csc(-c4ccc(C(C)(C)C)cc4)c3O)s2)cc1. The molecule has 2 heterocycles. The van der Waals surface area contributed by atoms with Crippen molar-refractivity contribution in [1.82, 2.24) is 16.1 Å². The number of hydrogen-bond acceptors (Lipinski definition) is 7. The minimum Gasteiger partial charge on any atom is -0.506 e. The summed E-state index contributed by atoms with van der Waals surface area (Å²) in [5.41, 5.74) is 7.05. The summed E-state index contributed by atoms with van der Waals surface area (Å²) >= 11 is 2.46. The van der Waals surface area contributed by atoms with E-state index >= 15 is 0 Å². The Morgan fingerprint density at radius 2 is 1.51 bits per heavy atom. The monoisotopic (exact) mass is 588 g/mol. The lowest BCUT2D eigenvalue weighted by atomic mass is 9.86. The molecule has 0 aliphatic rings. The number of thiophene rings is 2. The molecule has 3 amide bonds. The fourth-order valence-electron chi connectivity index (χ4n) is 3.95. The maximum atomic E-state index is 12.7. The molecule has 0 unspecified atom stereocenters. The number of benzene rings is 2. The van der Waals surface area contributed by atoms with E-state index in [9.17, 15) is 19.5 Å². The van der Waals surface area contributed by atoms with Gasteiger partial charge in [0.05, 0.1) is 25.9 Å². The molecule has 0 radical (unpaired) electrons. The second kappa shape index (κ2) is 12.5. The Kier molecular flexibility index (Phi) is 9.05. The Bertz CT molecular complexity index is 1590. The van der Waals surface area contributed by atoms with Crippen LogP contribution < -0.4 is 16.1 Å². The van der Waals surface area contributed by atoms with Crippen LogP contribution in [0.25, 0.3) is 10.4 Å². The van der Waals surface area contributed by atoms with Gasteiger partial charge < -0.3 is 15.7 Å². The number of hydrazone groups is 1. The average Bonchev–Trinajstić information content (AvgIpc) is 3.61. The van der Waals surface area contributed by atoms with Crippen LogP contribution in [-0.2, 0) is 12.0 Å². The zero-order chi connectivity index (χ0) is 29.7. The molecule has 2 aromatic carbocycles. The van der Waals surface area contributed by atoms with Crippen LogP contribution in [0.15, 0.2) is 71.1 Å². The largest absolute Gasteiger partial charge is 0.506 e. The molecule has 4 rings (SSSR count). The van der Waals surface area contributed by atoms with Gasteiger partial charge in [-0.3, -0.25) is 14.4 Å². The Morgan fingerprint density at radius 1 is 0.878 bits per heavy atom. The van der Waals surface area contributed by atoms with Gasteiger partial charge in [0.15, 0.2) is 0 Å². The standard InChI is InChI=1S/C31H32N4O4S2/c1-18(23-17-40-27(26(23)36)20-10-12-22(13-11-20)31(2,3)4)34-35-30(39)25-15-14-24(41-25)29(38)33-16-19-6-8-21(9-7-19)28(37)32-5/h6-15,17,36H,16H2,1-5H3,(H,32,37)(H,33,38)(H,35,39). The van der Waals surface area contributed by atoms with Gasteiger partial charge in [0, 0.05) is 24.5 Å². The molecule has 0 atom stereocenters. The van der Waals surface area contributed by atoms with Crippen molar-refractivity contribution in [3.63, 3.8) is 0 Å². The second-order valence-electron chi connectivity index (χ2n) is 10.4. The Labute approximate surface area is 247 Å². The van der Waals surface area contributed by atoms with Gasteiger partial charge in [-0.2, -0.15) is 5.10 Å². The van der Waals surface area contributed by atoms with Crippen LogP contribution in [0.3, 0.4) is 0 Å².